The number of carboxylic acid groups (broad SMARTS) is 1. The van der Waals surface area contributed by atoms with Crippen molar-refractivity contribution in [2.75, 3.05) is 5.75 Å². The van der Waals surface area contributed by atoms with E-state index in [1.165, 1.54) is 0 Å². The van der Waals surface area contributed by atoms with Crippen LogP contribution in [0.25, 0.3) is 0 Å². The minimum absolute atomic E-state index is 0.121. The van der Waals surface area contributed by atoms with Crippen molar-refractivity contribution in [3.05, 3.63) is 42.2 Å². The largest absolute Gasteiger partial charge is 0.478 e. The molecule has 1 aromatic carbocycles. The van der Waals surface area contributed by atoms with E-state index in [2.05, 4.69) is 6.58 Å². The summed E-state index contributed by atoms with van der Waals surface area (Å²) in [5, 5.41) is 8.72. The van der Waals surface area contributed by atoms with Crippen LogP contribution < -0.4 is 0 Å². The molecule has 0 spiro atoms. The van der Waals surface area contributed by atoms with Crippen LogP contribution in [0.5, 0.6) is 0 Å². The standard InChI is InChI=1S/C12H13FO4S/c1-2-3-4-7-18(16,17)9-5-6-11(13)10(8-9)12(14)15/h2,5-6,8H,1,3-4,7H2,(H,14,15). The van der Waals surface area contributed by atoms with Crippen molar-refractivity contribution in [2.24, 2.45) is 0 Å². The van der Waals surface area contributed by atoms with E-state index < -0.39 is 27.2 Å². The molecule has 0 saturated heterocycles. The topological polar surface area (TPSA) is 71.4 Å². The third kappa shape index (κ3) is 3.40. The van der Waals surface area contributed by atoms with Crippen molar-refractivity contribution in [3.8, 4) is 0 Å². The molecule has 0 aliphatic carbocycles. The fraction of sp³-hybridized carbons (Fsp3) is 0.250. The summed E-state index contributed by atoms with van der Waals surface area (Å²) in [6.45, 7) is 3.48. The van der Waals surface area contributed by atoms with Gasteiger partial charge in [-0.2, -0.15) is 0 Å². The van der Waals surface area contributed by atoms with Gasteiger partial charge in [-0.3, -0.25) is 0 Å². The molecule has 1 N–H and O–H groups in total. The SMILES string of the molecule is C=CCCCS(=O)(=O)c1ccc(F)c(C(=O)O)c1. The molecule has 98 valence electrons. The molecule has 1 rings (SSSR count). The van der Waals surface area contributed by atoms with E-state index in [1.807, 2.05) is 0 Å². The van der Waals surface area contributed by atoms with Crippen LogP contribution in [0.4, 0.5) is 4.39 Å². The molecule has 0 bridgehead atoms. The molecule has 1 aromatic rings. The van der Waals surface area contributed by atoms with Crippen LogP contribution in [-0.2, 0) is 9.84 Å². The zero-order chi connectivity index (χ0) is 13.8. The van der Waals surface area contributed by atoms with Crippen molar-refractivity contribution < 1.29 is 22.7 Å². The summed E-state index contributed by atoms with van der Waals surface area (Å²) in [5.74, 6) is -2.56. The van der Waals surface area contributed by atoms with E-state index in [0.29, 0.717) is 12.8 Å². The van der Waals surface area contributed by atoms with Crippen molar-refractivity contribution >= 4 is 15.8 Å². The van der Waals surface area contributed by atoms with Gasteiger partial charge in [0, 0.05) is 0 Å². The van der Waals surface area contributed by atoms with Gasteiger partial charge in [-0.1, -0.05) is 6.08 Å². The fourth-order valence-electron chi connectivity index (χ4n) is 1.40. The van der Waals surface area contributed by atoms with Crippen LogP contribution in [0.2, 0.25) is 0 Å². The Bertz CT molecular complexity index is 563. The first-order valence-corrected chi connectivity index (χ1v) is 6.90. The Balaban J connectivity index is 3.06. The summed E-state index contributed by atoms with van der Waals surface area (Å²) in [4.78, 5) is 10.5. The summed E-state index contributed by atoms with van der Waals surface area (Å²) in [6, 6.07) is 2.77. The molecule has 0 aliphatic rings. The first-order chi connectivity index (χ1) is 8.38. The lowest BCUT2D eigenvalue weighted by atomic mass is 10.2. The monoisotopic (exact) mass is 272 g/mol. The van der Waals surface area contributed by atoms with Crippen LogP contribution in [0, 0.1) is 5.82 Å². The van der Waals surface area contributed by atoms with Crippen LogP contribution in [0.1, 0.15) is 23.2 Å². The molecule has 0 saturated carbocycles. The number of hydrogen-bond donors (Lipinski definition) is 1. The smallest absolute Gasteiger partial charge is 0.338 e. The molecule has 0 fully saturated rings. The molecule has 0 aliphatic heterocycles. The highest BCUT2D eigenvalue weighted by atomic mass is 32.2. The van der Waals surface area contributed by atoms with E-state index in [9.17, 15) is 17.6 Å². The number of carbonyl (C=O) groups is 1. The lowest BCUT2D eigenvalue weighted by Gasteiger charge is -2.05. The van der Waals surface area contributed by atoms with Crippen LogP contribution in [0.3, 0.4) is 0 Å². The van der Waals surface area contributed by atoms with Gasteiger partial charge >= 0.3 is 5.97 Å². The Labute approximate surface area is 105 Å². The molecular formula is C12H13FO4S. The number of aromatic carboxylic acids is 1. The molecule has 0 aromatic heterocycles. The van der Waals surface area contributed by atoms with Crippen LogP contribution >= 0.6 is 0 Å². The number of allylic oxidation sites excluding steroid dienone is 1. The van der Waals surface area contributed by atoms with E-state index in [1.54, 1.807) is 6.08 Å². The highest BCUT2D eigenvalue weighted by Gasteiger charge is 2.18. The average molecular weight is 272 g/mol. The Morgan fingerprint density at radius 1 is 1.44 bits per heavy atom. The second kappa shape index (κ2) is 5.77. The van der Waals surface area contributed by atoms with Gasteiger partial charge in [0.1, 0.15) is 5.82 Å². The van der Waals surface area contributed by atoms with E-state index in [4.69, 9.17) is 5.11 Å². The Hall–Kier alpha value is -1.69. The lowest BCUT2D eigenvalue weighted by molar-refractivity contribution is 0.0691. The first kappa shape index (κ1) is 14.4. The number of benzene rings is 1. The van der Waals surface area contributed by atoms with Crippen LogP contribution in [0.15, 0.2) is 35.7 Å². The Kier molecular flexibility index (Phi) is 4.61. The van der Waals surface area contributed by atoms with Crippen molar-refractivity contribution in [3.63, 3.8) is 0 Å². The van der Waals surface area contributed by atoms with Crippen molar-refractivity contribution in [2.45, 2.75) is 17.7 Å². The average Bonchev–Trinajstić information content (AvgIpc) is 2.29. The summed E-state index contributed by atoms with van der Waals surface area (Å²) in [6.07, 6.45) is 2.54. The summed E-state index contributed by atoms with van der Waals surface area (Å²) >= 11 is 0. The first-order valence-electron chi connectivity index (χ1n) is 5.25. The molecule has 0 amide bonds. The van der Waals surface area contributed by atoms with Gasteiger partial charge in [-0.25, -0.2) is 17.6 Å². The van der Waals surface area contributed by atoms with Gasteiger partial charge in [0.15, 0.2) is 9.84 Å². The number of hydrogen-bond acceptors (Lipinski definition) is 3. The maximum Gasteiger partial charge on any atom is 0.338 e. The van der Waals surface area contributed by atoms with Gasteiger partial charge in [0.2, 0.25) is 0 Å². The summed E-state index contributed by atoms with van der Waals surface area (Å²) in [7, 11) is -3.58. The van der Waals surface area contributed by atoms with Crippen molar-refractivity contribution in [1.29, 1.82) is 0 Å². The molecule has 6 heteroatoms. The predicted octanol–water partition coefficient (Wildman–Crippen LogP) is 2.26. The second-order valence-corrected chi connectivity index (χ2v) is 5.81. The van der Waals surface area contributed by atoms with E-state index in [0.717, 1.165) is 18.2 Å². The number of halogens is 1. The van der Waals surface area contributed by atoms with Gasteiger partial charge < -0.3 is 5.11 Å². The summed E-state index contributed by atoms with van der Waals surface area (Å²) < 4.78 is 36.8. The van der Waals surface area contributed by atoms with Crippen molar-refractivity contribution in [1.82, 2.24) is 0 Å². The Morgan fingerprint density at radius 2 is 2.11 bits per heavy atom. The lowest BCUT2D eigenvalue weighted by Crippen LogP contribution is -2.09. The zero-order valence-electron chi connectivity index (χ0n) is 9.60. The fourth-order valence-corrected chi connectivity index (χ4v) is 2.75. The number of sulfone groups is 1. The van der Waals surface area contributed by atoms with Gasteiger partial charge in [0.25, 0.3) is 0 Å². The van der Waals surface area contributed by atoms with Gasteiger partial charge in [-0.15, -0.1) is 6.58 Å². The maximum absolute atomic E-state index is 13.1. The number of unbranched alkanes of at least 4 members (excludes halogenated alkanes) is 1. The minimum Gasteiger partial charge on any atom is -0.478 e. The molecule has 4 nitrogen and oxygen atoms in total. The highest BCUT2D eigenvalue weighted by Crippen LogP contribution is 2.17. The normalized spacial score (nSPS) is 11.2. The third-order valence-electron chi connectivity index (χ3n) is 2.35. The highest BCUT2D eigenvalue weighted by molar-refractivity contribution is 7.91. The quantitative estimate of drug-likeness (QED) is 0.490. The molecule has 0 atom stereocenters. The zero-order valence-corrected chi connectivity index (χ0v) is 10.4. The molecule has 0 radical (unpaired) electrons. The molecular weight excluding hydrogens is 259 g/mol. The molecule has 18 heavy (non-hydrogen) atoms. The molecule has 0 unspecified atom stereocenters. The molecule has 0 heterocycles. The minimum atomic E-state index is -3.58. The van der Waals surface area contributed by atoms with E-state index >= 15 is 0 Å². The Morgan fingerprint density at radius 3 is 2.67 bits per heavy atom. The summed E-state index contributed by atoms with van der Waals surface area (Å²) in [5.41, 5.74) is -0.639. The van der Waals surface area contributed by atoms with Gasteiger partial charge in [0.05, 0.1) is 16.2 Å². The van der Waals surface area contributed by atoms with Gasteiger partial charge in [-0.05, 0) is 31.0 Å². The second-order valence-electron chi connectivity index (χ2n) is 3.70. The predicted molar refractivity (Wildman–Crippen MR) is 64.8 cm³/mol. The number of carboxylic acids is 1. The number of rotatable bonds is 6. The van der Waals surface area contributed by atoms with Crippen LogP contribution in [-0.4, -0.2) is 25.2 Å². The van der Waals surface area contributed by atoms with E-state index in [-0.39, 0.29) is 10.6 Å². The maximum atomic E-state index is 13.1. The third-order valence-corrected chi connectivity index (χ3v) is 4.15.